The van der Waals surface area contributed by atoms with Crippen molar-refractivity contribution >= 4 is 17.3 Å². The zero-order valence-electron chi connectivity index (χ0n) is 11.7. The maximum Gasteiger partial charge on any atom is 0.308 e. The molecule has 0 radical (unpaired) electrons. The molecule has 3 atom stereocenters. The Labute approximate surface area is 119 Å². The lowest BCUT2D eigenvalue weighted by Crippen LogP contribution is -2.38. The summed E-state index contributed by atoms with van der Waals surface area (Å²) in [6.45, 7) is 4.55. The summed E-state index contributed by atoms with van der Waals surface area (Å²) in [4.78, 5) is 13.2. The highest BCUT2D eigenvalue weighted by molar-refractivity contribution is 7.10. The molecule has 19 heavy (non-hydrogen) atoms. The minimum absolute atomic E-state index is 0.0159. The number of rotatable bonds is 5. The summed E-state index contributed by atoms with van der Waals surface area (Å²) in [6.07, 6.45) is 4.16. The summed E-state index contributed by atoms with van der Waals surface area (Å²) in [7, 11) is 0. The molecule has 0 saturated heterocycles. The summed E-state index contributed by atoms with van der Waals surface area (Å²) >= 11 is 1.78. The van der Waals surface area contributed by atoms with Crippen LogP contribution in [0.1, 0.15) is 50.4 Å². The van der Waals surface area contributed by atoms with Gasteiger partial charge in [-0.2, -0.15) is 0 Å². The summed E-state index contributed by atoms with van der Waals surface area (Å²) < 4.78 is 5.14. The van der Waals surface area contributed by atoms with Crippen LogP contribution in [0.2, 0.25) is 0 Å². The van der Waals surface area contributed by atoms with Crippen molar-refractivity contribution in [1.29, 1.82) is 0 Å². The Morgan fingerprint density at radius 1 is 1.58 bits per heavy atom. The van der Waals surface area contributed by atoms with Gasteiger partial charge in [0.1, 0.15) is 0 Å². The van der Waals surface area contributed by atoms with Crippen molar-refractivity contribution < 1.29 is 9.53 Å². The molecular formula is C15H23NO2S. The lowest BCUT2D eigenvalue weighted by atomic mass is 9.85. The van der Waals surface area contributed by atoms with Crippen LogP contribution in [0.3, 0.4) is 0 Å². The third kappa shape index (κ3) is 4.05. The fraction of sp³-hybridized carbons (Fsp3) is 0.667. The van der Waals surface area contributed by atoms with Crippen molar-refractivity contribution in [3.63, 3.8) is 0 Å². The molecule has 0 aliphatic heterocycles. The number of hydrogen-bond acceptors (Lipinski definition) is 4. The summed E-state index contributed by atoms with van der Waals surface area (Å²) in [6, 6.07) is 5.04. The van der Waals surface area contributed by atoms with Crippen LogP contribution in [-0.2, 0) is 9.53 Å². The zero-order chi connectivity index (χ0) is 13.7. The monoisotopic (exact) mass is 281 g/mol. The predicted octanol–water partition coefficient (Wildman–Crippen LogP) is 3.52. The van der Waals surface area contributed by atoms with E-state index in [-0.39, 0.29) is 11.9 Å². The van der Waals surface area contributed by atoms with Gasteiger partial charge in [0.2, 0.25) is 0 Å². The molecule has 3 nitrogen and oxygen atoms in total. The highest BCUT2D eigenvalue weighted by atomic mass is 32.1. The molecule has 2 rings (SSSR count). The van der Waals surface area contributed by atoms with E-state index in [1.54, 1.807) is 11.3 Å². The Morgan fingerprint density at radius 2 is 2.42 bits per heavy atom. The van der Waals surface area contributed by atoms with Gasteiger partial charge in [-0.3, -0.25) is 4.79 Å². The van der Waals surface area contributed by atoms with Gasteiger partial charge < -0.3 is 10.1 Å². The van der Waals surface area contributed by atoms with Crippen molar-refractivity contribution in [1.82, 2.24) is 5.32 Å². The first kappa shape index (κ1) is 14.5. The van der Waals surface area contributed by atoms with E-state index in [0.29, 0.717) is 18.7 Å². The molecule has 1 saturated carbocycles. The standard InChI is InChI=1S/C15H23NO2S/c1-3-18-15(17)12-6-4-7-13(10-12)16-11(2)14-8-5-9-19-14/h5,8-9,11-13,16H,3-4,6-7,10H2,1-2H3. The van der Waals surface area contributed by atoms with Crippen LogP contribution < -0.4 is 5.32 Å². The van der Waals surface area contributed by atoms with Crippen molar-refractivity contribution in [2.45, 2.75) is 51.6 Å². The van der Waals surface area contributed by atoms with Crippen LogP contribution >= 0.6 is 11.3 Å². The van der Waals surface area contributed by atoms with E-state index in [1.165, 1.54) is 4.88 Å². The first-order chi connectivity index (χ1) is 9.20. The molecule has 0 bridgehead atoms. The van der Waals surface area contributed by atoms with Gasteiger partial charge in [-0.25, -0.2) is 0 Å². The number of carbonyl (C=O) groups is 1. The minimum atomic E-state index is -0.0159. The van der Waals surface area contributed by atoms with Gasteiger partial charge in [0.05, 0.1) is 12.5 Å². The van der Waals surface area contributed by atoms with E-state index in [1.807, 2.05) is 6.92 Å². The first-order valence-electron chi connectivity index (χ1n) is 7.16. The Kier molecular flexibility index (Phi) is 5.40. The number of esters is 1. The van der Waals surface area contributed by atoms with Crippen LogP contribution in [0.4, 0.5) is 0 Å². The van der Waals surface area contributed by atoms with E-state index in [4.69, 9.17) is 4.74 Å². The SMILES string of the molecule is CCOC(=O)C1CCCC(NC(C)c2cccs2)C1. The molecule has 3 unspecified atom stereocenters. The normalized spacial score (nSPS) is 24.9. The third-order valence-electron chi connectivity index (χ3n) is 3.75. The number of ether oxygens (including phenoxy) is 1. The molecule has 1 aromatic heterocycles. The number of hydrogen-bond donors (Lipinski definition) is 1. The van der Waals surface area contributed by atoms with E-state index >= 15 is 0 Å². The fourth-order valence-corrected chi connectivity index (χ4v) is 3.53. The first-order valence-corrected chi connectivity index (χ1v) is 8.04. The second-order valence-electron chi connectivity index (χ2n) is 5.22. The van der Waals surface area contributed by atoms with Crippen LogP contribution in [0.5, 0.6) is 0 Å². The molecule has 1 aromatic rings. The quantitative estimate of drug-likeness (QED) is 0.839. The average Bonchev–Trinajstić information content (AvgIpc) is 2.93. The van der Waals surface area contributed by atoms with Crippen LogP contribution in [0.15, 0.2) is 17.5 Å². The van der Waals surface area contributed by atoms with E-state index in [9.17, 15) is 4.79 Å². The average molecular weight is 281 g/mol. The van der Waals surface area contributed by atoms with Gasteiger partial charge in [-0.05, 0) is 44.6 Å². The highest BCUT2D eigenvalue weighted by Crippen LogP contribution is 2.28. The molecule has 4 heteroatoms. The van der Waals surface area contributed by atoms with Gasteiger partial charge in [0.25, 0.3) is 0 Å². The van der Waals surface area contributed by atoms with Crippen LogP contribution in [0.25, 0.3) is 0 Å². The molecule has 1 N–H and O–H groups in total. The van der Waals surface area contributed by atoms with Gasteiger partial charge >= 0.3 is 5.97 Å². The molecule has 1 aliphatic rings. The summed E-state index contributed by atoms with van der Waals surface area (Å²) in [5.41, 5.74) is 0. The van der Waals surface area contributed by atoms with Crippen molar-refractivity contribution in [2.75, 3.05) is 6.61 Å². The van der Waals surface area contributed by atoms with Crippen LogP contribution in [-0.4, -0.2) is 18.6 Å². The Bertz CT molecular complexity index is 391. The van der Waals surface area contributed by atoms with Crippen molar-refractivity contribution in [3.8, 4) is 0 Å². The number of nitrogens with one attached hydrogen (secondary N) is 1. The lowest BCUT2D eigenvalue weighted by molar-refractivity contribution is -0.149. The molecule has 106 valence electrons. The number of carbonyl (C=O) groups excluding carboxylic acids is 1. The Morgan fingerprint density at radius 3 is 3.11 bits per heavy atom. The van der Waals surface area contributed by atoms with E-state index < -0.39 is 0 Å². The minimum Gasteiger partial charge on any atom is -0.466 e. The molecular weight excluding hydrogens is 258 g/mol. The molecule has 1 aliphatic carbocycles. The van der Waals surface area contributed by atoms with E-state index in [2.05, 4.69) is 29.8 Å². The fourth-order valence-electron chi connectivity index (χ4n) is 2.79. The smallest absolute Gasteiger partial charge is 0.308 e. The van der Waals surface area contributed by atoms with Gasteiger partial charge in [0.15, 0.2) is 0 Å². The van der Waals surface area contributed by atoms with Crippen LogP contribution in [0, 0.1) is 5.92 Å². The maximum absolute atomic E-state index is 11.8. The zero-order valence-corrected chi connectivity index (χ0v) is 12.5. The second-order valence-corrected chi connectivity index (χ2v) is 6.20. The molecule has 0 aromatic carbocycles. The van der Waals surface area contributed by atoms with Crippen molar-refractivity contribution in [2.24, 2.45) is 5.92 Å². The summed E-state index contributed by atoms with van der Waals surface area (Å²) in [5.74, 6) is 0.0690. The Hall–Kier alpha value is -0.870. The lowest BCUT2D eigenvalue weighted by Gasteiger charge is -2.30. The van der Waals surface area contributed by atoms with Gasteiger partial charge in [0, 0.05) is 17.0 Å². The highest BCUT2D eigenvalue weighted by Gasteiger charge is 2.28. The van der Waals surface area contributed by atoms with Gasteiger partial charge in [-0.15, -0.1) is 11.3 Å². The molecule has 0 spiro atoms. The largest absolute Gasteiger partial charge is 0.466 e. The van der Waals surface area contributed by atoms with E-state index in [0.717, 1.165) is 25.7 Å². The van der Waals surface area contributed by atoms with Gasteiger partial charge in [-0.1, -0.05) is 12.5 Å². The molecule has 1 fully saturated rings. The second kappa shape index (κ2) is 7.06. The molecule has 0 amide bonds. The third-order valence-corrected chi connectivity index (χ3v) is 4.80. The molecule has 1 heterocycles. The maximum atomic E-state index is 11.8. The Balaban J connectivity index is 1.85. The van der Waals surface area contributed by atoms with Crippen molar-refractivity contribution in [3.05, 3.63) is 22.4 Å². The number of thiophene rings is 1. The predicted molar refractivity (Wildman–Crippen MR) is 78.2 cm³/mol. The summed E-state index contributed by atoms with van der Waals surface area (Å²) in [5, 5.41) is 5.76. The topological polar surface area (TPSA) is 38.3 Å².